The van der Waals surface area contributed by atoms with Gasteiger partial charge in [0, 0.05) is 19.3 Å². The number of nitrogens with zero attached hydrogens (tertiary/aromatic N) is 1. The fourth-order valence-electron chi connectivity index (χ4n) is 2.13. The van der Waals surface area contributed by atoms with Gasteiger partial charge in [-0.2, -0.15) is 0 Å². The van der Waals surface area contributed by atoms with Gasteiger partial charge in [0.05, 0.1) is 6.61 Å². The lowest BCUT2D eigenvalue weighted by atomic mass is 10.1. The second kappa shape index (κ2) is 9.14. The second-order valence-corrected chi connectivity index (χ2v) is 5.12. The monoisotopic (exact) mass is 284 g/mol. The predicted octanol–water partition coefficient (Wildman–Crippen LogP) is 4.05. The summed E-state index contributed by atoms with van der Waals surface area (Å²) in [6.45, 7) is 4.54. The topological polar surface area (TPSA) is 34.1 Å². The number of pyridine rings is 1. The molecule has 0 atom stereocenters. The van der Waals surface area contributed by atoms with Gasteiger partial charge in [-0.1, -0.05) is 37.3 Å². The average Bonchev–Trinajstić information content (AvgIpc) is 2.54. The first kappa shape index (κ1) is 15.5. The van der Waals surface area contributed by atoms with E-state index >= 15 is 0 Å². The lowest BCUT2D eigenvalue weighted by Gasteiger charge is -2.07. The van der Waals surface area contributed by atoms with E-state index in [9.17, 15) is 0 Å². The number of ether oxygens (including phenoxy) is 1. The molecule has 0 bridgehead atoms. The molecule has 1 aromatic carbocycles. The molecule has 0 aliphatic carbocycles. The summed E-state index contributed by atoms with van der Waals surface area (Å²) in [5.41, 5.74) is 2.54. The van der Waals surface area contributed by atoms with E-state index in [1.54, 1.807) is 0 Å². The van der Waals surface area contributed by atoms with E-state index < -0.39 is 0 Å². The van der Waals surface area contributed by atoms with Crippen LogP contribution in [0.1, 0.15) is 30.9 Å². The van der Waals surface area contributed by atoms with Gasteiger partial charge < -0.3 is 10.1 Å². The van der Waals surface area contributed by atoms with Crippen molar-refractivity contribution < 1.29 is 4.74 Å². The molecular weight excluding hydrogens is 260 g/mol. The lowest BCUT2D eigenvalue weighted by molar-refractivity contribution is 0.118. The molecule has 0 saturated carbocycles. The van der Waals surface area contributed by atoms with Gasteiger partial charge in [0.15, 0.2) is 0 Å². The van der Waals surface area contributed by atoms with Crippen molar-refractivity contribution in [3.8, 4) is 0 Å². The number of nitrogens with one attached hydrogen (secondary N) is 1. The molecule has 3 nitrogen and oxygen atoms in total. The zero-order chi connectivity index (χ0) is 14.8. The van der Waals surface area contributed by atoms with Gasteiger partial charge in [-0.15, -0.1) is 0 Å². The Hall–Kier alpha value is -1.87. The molecule has 2 rings (SSSR count). The van der Waals surface area contributed by atoms with Crippen LogP contribution in [-0.2, 0) is 17.8 Å². The van der Waals surface area contributed by atoms with Crippen molar-refractivity contribution >= 4 is 5.82 Å². The maximum atomic E-state index is 5.75. The number of aromatic nitrogens is 1. The van der Waals surface area contributed by atoms with Crippen molar-refractivity contribution in [1.29, 1.82) is 0 Å². The van der Waals surface area contributed by atoms with Gasteiger partial charge in [-0.25, -0.2) is 4.98 Å². The highest BCUT2D eigenvalue weighted by Crippen LogP contribution is 2.09. The highest BCUT2D eigenvalue weighted by atomic mass is 16.5. The summed E-state index contributed by atoms with van der Waals surface area (Å²) in [6, 6.07) is 14.6. The molecule has 1 heterocycles. The molecule has 0 unspecified atom stereocenters. The first-order chi connectivity index (χ1) is 10.4. The highest BCUT2D eigenvalue weighted by molar-refractivity contribution is 5.37. The minimum atomic E-state index is 0.651. The number of aryl methyl sites for hydroxylation is 1. The van der Waals surface area contributed by atoms with Gasteiger partial charge in [-0.05, 0) is 42.5 Å². The van der Waals surface area contributed by atoms with Gasteiger partial charge in [-0.3, -0.25) is 0 Å². The van der Waals surface area contributed by atoms with Crippen LogP contribution in [-0.4, -0.2) is 18.1 Å². The summed E-state index contributed by atoms with van der Waals surface area (Å²) >= 11 is 0. The third-order valence-corrected chi connectivity index (χ3v) is 3.25. The second-order valence-electron chi connectivity index (χ2n) is 5.12. The van der Waals surface area contributed by atoms with E-state index in [1.807, 2.05) is 18.3 Å². The first-order valence-electron chi connectivity index (χ1n) is 7.69. The van der Waals surface area contributed by atoms with Crippen LogP contribution in [0.4, 0.5) is 5.82 Å². The first-order valence-corrected chi connectivity index (χ1v) is 7.69. The maximum absolute atomic E-state index is 5.75. The van der Waals surface area contributed by atoms with Crippen LogP contribution >= 0.6 is 0 Å². The molecule has 1 N–H and O–H groups in total. The molecule has 0 aliphatic heterocycles. The van der Waals surface area contributed by atoms with Crippen molar-refractivity contribution in [3.63, 3.8) is 0 Å². The van der Waals surface area contributed by atoms with E-state index in [2.05, 4.69) is 47.6 Å². The normalized spacial score (nSPS) is 10.5. The molecule has 3 heteroatoms. The Balaban J connectivity index is 1.66. The zero-order valence-electron chi connectivity index (χ0n) is 12.7. The number of hydrogen-bond donors (Lipinski definition) is 1. The van der Waals surface area contributed by atoms with Crippen molar-refractivity contribution in [3.05, 3.63) is 59.8 Å². The molecule has 0 aliphatic rings. The molecule has 0 spiro atoms. The largest absolute Gasteiger partial charge is 0.377 e. The van der Waals surface area contributed by atoms with Gasteiger partial charge in [0.25, 0.3) is 0 Å². The van der Waals surface area contributed by atoms with Gasteiger partial charge in [0.1, 0.15) is 5.82 Å². The SMILES string of the molecule is CCCNc1cc(COCCCc2ccccc2)ccn1. The molecular formula is C18H24N2O. The van der Waals surface area contributed by atoms with E-state index in [0.717, 1.165) is 38.2 Å². The number of benzene rings is 1. The van der Waals surface area contributed by atoms with Crippen molar-refractivity contribution in [2.75, 3.05) is 18.5 Å². The van der Waals surface area contributed by atoms with E-state index in [4.69, 9.17) is 4.74 Å². The predicted molar refractivity (Wildman–Crippen MR) is 87.4 cm³/mol. The summed E-state index contributed by atoms with van der Waals surface area (Å²) in [4.78, 5) is 4.29. The van der Waals surface area contributed by atoms with Crippen molar-refractivity contribution in [2.45, 2.75) is 32.8 Å². The average molecular weight is 284 g/mol. The van der Waals surface area contributed by atoms with Gasteiger partial charge in [0.2, 0.25) is 0 Å². The van der Waals surface area contributed by atoms with Crippen LogP contribution in [0.5, 0.6) is 0 Å². The third kappa shape index (κ3) is 5.96. The molecule has 21 heavy (non-hydrogen) atoms. The lowest BCUT2D eigenvalue weighted by Crippen LogP contribution is -2.03. The number of hydrogen-bond acceptors (Lipinski definition) is 3. The summed E-state index contributed by atoms with van der Waals surface area (Å²) in [6.07, 6.45) is 5.05. The van der Waals surface area contributed by atoms with Crippen LogP contribution in [0.3, 0.4) is 0 Å². The summed E-state index contributed by atoms with van der Waals surface area (Å²) in [7, 11) is 0. The Morgan fingerprint density at radius 2 is 1.95 bits per heavy atom. The van der Waals surface area contributed by atoms with Crippen LogP contribution in [0.25, 0.3) is 0 Å². The van der Waals surface area contributed by atoms with Crippen LogP contribution in [0.2, 0.25) is 0 Å². The third-order valence-electron chi connectivity index (χ3n) is 3.25. The fourth-order valence-corrected chi connectivity index (χ4v) is 2.13. The Kier molecular flexibility index (Phi) is 6.75. The maximum Gasteiger partial charge on any atom is 0.126 e. The summed E-state index contributed by atoms with van der Waals surface area (Å²) in [5, 5.41) is 3.29. The molecule has 112 valence electrons. The smallest absolute Gasteiger partial charge is 0.126 e. The Bertz CT molecular complexity index is 514. The quantitative estimate of drug-likeness (QED) is 0.705. The fraction of sp³-hybridized carbons (Fsp3) is 0.389. The standard InChI is InChI=1S/C18H24N2O/c1-2-11-19-18-14-17(10-12-20-18)15-21-13-6-9-16-7-4-3-5-8-16/h3-5,7-8,10,12,14H,2,6,9,11,13,15H2,1H3,(H,19,20). The molecule has 1 aromatic heterocycles. The zero-order valence-corrected chi connectivity index (χ0v) is 12.7. The molecule has 0 radical (unpaired) electrons. The number of rotatable bonds is 9. The van der Waals surface area contributed by atoms with E-state index in [-0.39, 0.29) is 0 Å². The minimum absolute atomic E-state index is 0.651. The van der Waals surface area contributed by atoms with Crippen molar-refractivity contribution in [1.82, 2.24) is 4.98 Å². The van der Waals surface area contributed by atoms with E-state index in [0.29, 0.717) is 6.61 Å². The van der Waals surface area contributed by atoms with Gasteiger partial charge >= 0.3 is 0 Å². The van der Waals surface area contributed by atoms with E-state index in [1.165, 1.54) is 11.1 Å². The summed E-state index contributed by atoms with van der Waals surface area (Å²) in [5.74, 6) is 0.933. The van der Waals surface area contributed by atoms with Crippen LogP contribution < -0.4 is 5.32 Å². The molecule has 0 amide bonds. The number of anilines is 1. The molecule has 0 saturated heterocycles. The van der Waals surface area contributed by atoms with Crippen LogP contribution in [0, 0.1) is 0 Å². The Morgan fingerprint density at radius 1 is 1.10 bits per heavy atom. The minimum Gasteiger partial charge on any atom is -0.377 e. The summed E-state index contributed by atoms with van der Waals surface area (Å²) < 4.78 is 5.75. The molecule has 0 fully saturated rings. The van der Waals surface area contributed by atoms with Crippen LogP contribution in [0.15, 0.2) is 48.7 Å². The Labute approximate surface area is 127 Å². The highest BCUT2D eigenvalue weighted by Gasteiger charge is 1.98. The van der Waals surface area contributed by atoms with Crippen molar-refractivity contribution in [2.24, 2.45) is 0 Å². The molecule has 2 aromatic rings. The Morgan fingerprint density at radius 3 is 2.76 bits per heavy atom.